The van der Waals surface area contributed by atoms with Crippen LogP contribution in [0.2, 0.25) is 0 Å². The van der Waals surface area contributed by atoms with Crippen molar-refractivity contribution in [2.45, 2.75) is 19.8 Å². The van der Waals surface area contributed by atoms with Crippen LogP contribution in [-0.4, -0.2) is 26.2 Å². The Labute approximate surface area is 131 Å². The maximum Gasteiger partial charge on any atom is 0.323 e. The van der Waals surface area contributed by atoms with Gasteiger partial charge in [-0.3, -0.25) is 9.59 Å². The van der Waals surface area contributed by atoms with Crippen LogP contribution in [-0.2, 0) is 25.5 Å². The molecule has 0 radical (unpaired) electrons. The van der Waals surface area contributed by atoms with Crippen LogP contribution in [0.1, 0.15) is 18.9 Å². The van der Waals surface area contributed by atoms with Crippen molar-refractivity contribution in [3.8, 4) is 0 Å². The van der Waals surface area contributed by atoms with Crippen LogP contribution in [0.5, 0.6) is 0 Å². The minimum Gasteiger partial charge on any atom is -0.468 e. The maximum absolute atomic E-state index is 12.3. The van der Waals surface area contributed by atoms with Crippen molar-refractivity contribution in [2.75, 3.05) is 14.2 Å². The Hall–Kier alpha value is -2.36. The van der Waals surface area contributed by atoms with Crippen LogP contribution in [0, 0.1) is 5.41 Å². The first kappa shape index (κ1) is 17.7. The first-order valence-corrected chi connectivity index (χ1v) is 7.09. The molecule has 0 saturated carbocycles. The summed E-state index contributed by atoms with van der Waals surface area (Å²) in [4.78, 5) is 24.7. The summed E-state index contributed by atoms with van der Waals surface area (Å²) >= 11 is 0. The van der Waals surface area contributed by atoms with Gasteiger partial charge < -0.3 is 9.47 Å². The number of methoxy groups -OCH3 is 2. The molecule has 0 saturated heterocycles. The zero-order valence-electron chi connectivity index (χ0n) is 13.2. The Morgan fingerprint density at radius 2 is 1.64 bits per heavy atom. The van der Waals surface area contributed by atoms with Gasteiger partial charge in [-0.2, -0.15) is 0 Å². The van der Waals surface area contributed by atoms with Crippen LogP contribution in [0.15, 0.2) is 54.6 Å². The summed E-state index contributed by atoms with van der Waals surface area (Å²) < 4.78 is 9.75. The van der Waals surface area contributed by atoms with Gasteiger partial charge in [0.1, 0.15) is 0 Å². The molecular formula is C18H22O4. The van der Waals surface area contributed by atoms with E-state index in [2.05, 4.69) is 0 Å². The average Bonchev–Trinajstić information content (AvgIpc) is 2.57. The number of ether oxygens (including phenoxy) is 2. The zero-order valence-corrected chi connectivity index (χ0v) is 13.2. The molecule has 0 aliphatic carbocycles. The average molecular weight is 302 g/mol. The number of carbonyl (C=O) groups excluding carboxylic acids is 2. The lowest BCUT2D eigenvalue weighted by Crippen LogP contribution is -2.42. The Morgan fingerprint density at radius 3 is 2.14 bits per heavy atom. The highest BCUT2D eigenvalue weighted by molar-refractivity contribution is 6.00. The third kappa shape index (κ3) is 4.32. The number of allylic oxidation sites excluding steroid dienone is 4. The Bertz CT molecular complexity index is 527. The van der Waals surface area contributed by atoms with Gasteiger partial charge in [-0.25, -0.2) is 0 Å². The lowest BCUT2D eigenvalue weighted by molar-refractivity contribution is -0.168. The fraction of sp³-hybridized carbons (Fsp3) is 0.333. The predicted octanol–water partition coefficient (Wildman–Crippen LogP) is 3.08. The third-order valence-corrected chi connectivity index (χ3v) is 3.41. The Balaban J connectivity index is 3.19. The second-order valence-corrected chi connectivity index (χ2v) is 4.89. The topological polar surface area (TPSA) is 52.6 Å². The van der Waals surface area contributed by atoms with E-state index >= 15 is 0 Å². The van der Waals surface area contributed by atoms with Gasteiger partial charge in [0.2, 0.25) is 0 Å². The van der Waals surface area contributed by atoms with E-state index in [1.807, 2.05) is 49.4 Å². The van der Waals surface area contributed by atoms with Gasteiger partial charge in [0, 0.05) is 0 Å². The van der Waals surface area contributed by atoms with Crippen molar-refractivity contribution in [3.05, 3.63) is 60.2 Å². The van der Waals surface area contributed by atoms with Crippen molar-refractivity contribution >= 4 is 11.9 Å². The molecule has 0 aliphatic heterocycles. The molecule has 118 valence electrons. The molecule has 0 heterocycles. The molecular weight excluding hydrogens is 280 g/mol. The number of esters is 2. The van der Waals surface area contributed by atoms with Crippen LogP contribution < -0.4 is 0 Å². The molecule has 0 atom stereocenters. The highest BCUT2D eigenvalue weighted by atomic mass is 16.5. The standard InChI is InChI=1S/C18H22O4/c1-4-5-6-10-13-18(16(19)21-2,17(20)22-3)14-15-11-8-7-9-12-15/h4-12H,13-14H2,1-3H3/b5-4+,10-6-. The second kappa shape index (κ2) is 8.82. The van der Waals surface area contributed by atoms with Gasteiger partial charge >= 0.3 is 11.9 Å². The van der Waals surface area contributed by atoms with E-state index in [0.29, 0.717) is 0 Å². The summed E-state index contributed by atoms with van der Waals surface area (Å²) in [6.07, 6.45) is 7.72. The first-order chi connectivity index (χ1) is 10.6. The molecule has 4 nitrogen and oxygen atoms in total. The van der Waals surface area contributed by atoms with Gasteiger partial charge in [0.15, 0.2) is 5.41 Å². The molecule has 1 aromatic carbocycles. The van der Waals surface area contributed by atoms with Gasteiger partial charge in [0.05, 0.1) is 14.2 Å². The minimum absolute atomic E-state index is 0.214. The zero-order chi connectivity index (χ0) is 16.4. The number of benzene rings is 1. The van der Waals surface area contributed by atoms with Crippen molar-refractivity contribution < 1.29 is 19.1 Å². The largest absolute Gasteiger partial charge is 0.468 e. The van der Waals surface area contributed by atoms with E-state index in [1.165, 1.54) is 14.2 Å². The fourth-order valence-corrected chi connectivity index (χ4v) is 2.26. The summed E-state index contributed by atoms with van der Waals surface area (Å²) in [6, 6.07) is 9.36. The van der Waals surface area contributed by atoms with Gasteiger partial charge in [-0.15, -0.1) is 0 Å². The van der Waals surface area contributed by atoms with Crippen molar-refractivity contribution in [1.82, 2.24) is 0 Å². The van der Waals surface area contributed by atoms with E-state index in [1.54, 1.807) is 12.2 Å². The number of hydrogen-bond acceptors (Lipinski definition) is 4. The lowest BCUT2D eigenvalue weighted by Gasteiger charge is -2.27. The SMILES string of the molecule is C/C=C/C=C\CC(Cc1ccccc1)(C(=O)OC)C(=O)OC. The predicted molar refractivity (Wildman–Crippen MR) is 85.2 cm³/mol. The first-order valence-electron chi connectivity index (χ1n) is 7.09. The van der Waals surface area contributed by atoms with Crippen LogP contribution in [0.4, 0.5) is 0 Å². The van der Waals surface area contributed by atoms with Crippen LogP contribution in [0.25, 0.3) is 0 Å². The van der Waals surface area contributed by atoms with Crippen molar-refractivity contribution in [1.29, 1.82) is 0 Å². The second-order valence-electron chi connectivity index (χ2n) is 4.89. The van der Waals surface area contributed by atoms with E-state index < -0.39 is 17.4 Å². The molecule has 0 unspecified atom stereocenters. The monoisotopic (exact) mass is 302 g/mol. The van der Waals surface area contributed by atoms with E-state index in [9.17, 15) is 9.59 Å². The highest BCUT2D eigenvalue weighted by Crippen LogP contribution is 2.31. The minimum atomic E-state index is -1.37. The summed E-state index contributed by atoms with van der Waals surface area (Å²) in [5.41, 5.74) is -0.499. The van der Waals surface area contributed by atoms with Gasteiger partial charge in [0.25, 0.3) is 0 Å². The number of carbonyl (C=O) groups is 2. The quantitative estimate of drug-likeness (QED) is 0.441. The maximum atomic E-state index is 12.3. The molecule has 4 heteroatoms. The Kier molecular flexibility index (Phi) is 7.09. The molecule has 0 fully saturated rings. The molecule has 0 spiro atoms. The van der Waals surface area contributed by atoms with Gasteiger partial charge in [-0.1, -0.05) is 54.6 Å². The van der Waals surface area contributed by atoms with Crippen molar-refractivity contribution in [3.63, 3.8) is 0 Å². The summed E-state index contributed by atoms with van der Waals surface area (Å²) in [5.74, 6) is -1.18. The van der Waals surface area contributed by atoms with Gasteiger partial charge in [-0.05, 0) is 25.3 Å². The van der Waals surface area contributed by atoms with Crippen molar-refractivity contribution in [2.24, 2.45) is 5.41 Å². The lowest BCUT2D eigenvalue weighted by atomic mass is 9.78. The molecule has 0 aromatic heterocycles. The molecule has 0 aliphatic rings. The third-order valence-electron chi connectivity index (χ3n) is 3.41. The molecule has 1 aromatic rings. The normalized spacial score (nSPS) is 11.8. The summed E-state index contributed by atoms with van der Waals surface area (Å²) in [6.45, 7) is 1.89. The highest BCUT2D eigenvalue weighted by Gasteiger charge is 2.47. The number of rotatable bonds is 7. The van der Waals surface area contributed by atoms with Crippen LogP contribution in [0.3, 0.4) is 0 Å². The van der Waals surface area contributed by atoms with Crippen LogP contribution >= 0.6 is 0 Å². The molecule has 0 bridgehead atoms. The molecule has 1 rings (SSSR count). The molecule has 0 N–H and O–H groups in total. The van der Waals surface area contributed by atoms with E-state index in [4.69, 9.17) is 9.47 Å². The van der Waals surface area contributed by atoms with E-state index in [-0.39, 0.29) is 12.8 Å². The summed E-state index contributed by atoms with van der Waals surface area (Å²) in [5, 5.41) is 0. The summed E-state index contributed by atoms with van der Waals surface area (Å²) in [7, 11) is 2.56. The fourth-order valence-electron chi connectivity index (χ4n) is 2.26. The van der Waals surface area contributed by atoms with E-state index in [0.717, 1.165) is 5.56 Å². The molecule has 0 amide bonds. The number of hydrogen-bond donors (Lipinski definition) is 0. The molecule has 22 heavy (non-hydrogen) atoms. The Morgan fingerprint density at radius 1 is 1.05 bits per heavy atom. The smallest absolute Gasteiger partial charge is 0.323 e.